The molecule has 0 aliphatic heterocycles. The van der Waals surface area contributed by atoms with E-state index in [4.69, 9.17) is 5.10 Å². The van der Waals surface area contributed by atoms with Gasteiger partial charge < -0.3 is 5.32 Å². The van der Waals surface area contributed by atoms with Crippen LogP contribution in [0.2, 0.25) is 0 Å². The lowest BCUT2D eigenvalue weighted by Gasteiger charge is -2.21. The zero-order chi connectivity index (χ0) is 14.5. The molecule has 0 amide bonds. The number of nitrogens with zero attached hydrogens (tertiary/aromatic N) is 5. The third kappa shape index (κ3) is 3.69. The minimum absolute atomic E-state index is 0.590. The minimum Gasteiger partial charge on any atom is -0.310 e. The van der Waals surface area contributed by atoms with Gasteiger partial charge in [-0.05, 0) is 25.5 Å². The highest BCUT2D eigenvalue weighted by Gasteiger charge is 2.16. The normalized spacial score (nSPS) is 16.4. The van der Waals surface area contributed by atoms with Gasteiger partial charge in [0.1, 0.15) is 6.33 Å². The number of hydrogen-bond acceptors (Lipinski definition) is 4. The maximum absolute atomic E-state index is 4.71. The van der Waals surface area contributed by atoms with Gasteiger partial charge in [-0.3, -0.25) is 4.68 Å². The molecular formula is C15H24N6. The van der Waals surface area contributed by atoms with Gasteiger partial charge in [0.25, 0.3) is 0 Å². The van der Waals surface area contributed by atoms with Crippen LogP contribution in [-0.4, -0.2) is 31.1 Å². The Balaban J connectivity index is 1.59. The molecule has 0 radical (unpaired) electrons. The van der Waals surface area contributed by atoms with Gasteiger partial charge in [-0.15, -0.1) is 0 Å². The molecule has 0 unspecified atom stereocenters. The van der Waals surface area contributed by atoms with E-state index in [9.17, 15) is 0 Å². The van der Waals surface area contributed by atoms with Crippen LogP contribution in [0.15, 0.2) is 18.6 Å². The van der Waals surface area contributed by atoms with Crippen LogP contribution in [0.25, 0.3) is 0 Å². The molecule has 6 nitrogen and oxygen atoms in total. The van der Waals surface area contributed by atoms with E-state index in [1.165, 1.54) is 32.1 Å². The van der Waals surface area contributed by atoms with Gasteiger partial charge in [0.15, 0.2) is 5.82 Å². The lowest BCUT2D eigenvalue weighted by molar-refractivity contribution is 0.327. The molecule has 1 aliphatic carbocycles. The Kier molecular flexibility index (Phi) is 4.65. The Bertz CT molecular complexity index is 552. The fraction of sp³-hybridized carbons (Fsp3) is 0.667. The van der Waals surface area contributed by atoms with E-state index < -0.39 is 0 Å². The van der Waals surface area contributed by atoms with E-state index >= 15 is 0 Å². The Hall–Kier alpha value is -1.69. The van der Waals surface area contributed by atoms with Crippen LogP contribution in [0.5, 0.6) is 0 Å². The first-order chi connectivity index (χ1) is 10.3. The van der Waals surface area contributed by atoms with Crippen LogP contribution in [0.1, 0.15) is 56.6 Å². The zero-order valence-electron chi connectivity index (χ0n) is 12.7. The Morgan fingerprint density at radius 3 is 2.90 bits per heavy atom. The van der Waals surface area contributed by atoms with Crippen LogP contribution >= 0.6 is 0 Å². The first-order valence-corrected chi connectivity index (χ1v) is 7.98. The van der Waals surface area contributed by atoms with Crippen LogP contribution in [0, 0.1) is 0 Å². The number of hydrogen-bond donors (Lipinski definition) is 1. The topological polar surface area (TPSA) is 60.6 Å². The quantitative estimate of drug-likeness (QED) is 0.884. The maximum atomic E-state index is 4.71. The summed E-state index contributed by atoms with van der Waals surface area (Å²) in [6, 6.07) is 2.69. The molecule has 1 fully saturated rings. The lowest BCUT2D eigenvalue weighted by atomic mass is 9.96. The van der Waals surface area contributed by atoms with E-state index in [1.54, 1.807) is 6.33 Å². The van der Waals surface area contributed by atoms with E-state index in [0.29, 0.717) is 12.6 Å². The van der Waals surface area contributed by atoms with Crippen LogP contribution in [0.3, 0.4) is 0 Å². The molecule has 2 heterocycles. The summed E-state index contributed by atoms with van der Waals surface area (Å²) in [5.74, 6) is 0.837. The molecule has 1 saturated carbocycles. The third-order valence-corrected chi connectivity index (χ3v) is 4.05. The van der Waals surface area contributed by atoms with Crippen molar-refractivity contribution in [1.29, 1.82) is 0 Å². The SMILES string of the molecule is CCNCc1ncn(Cc2ccn(C3CCCCC3)n2)n1. The Labute approximate surface area is 125 Å². The predicted octanol–water partition coefficient (Wildman–Crippen LogP) is 2.14. The van der Waals surface area contributed by atoms with Gasteiger partial charge in [0.2, 0.25) is 0 Å². The molecule has 0 aromatic carbocycles. The molecule has 114 valence electrons. The molecule has 6 heteroatoms. The maximum Gasteiger partial charge on any atom is 0.164 e. The molecule has 0 saturated heterocycles. The summed E-state index contributed by atoms with van der Waals surface area (Å²) in [5, 5.41) is 12.4. The van der Waals surface area contributed by atoms with Gasteiger partial charge in [-0.25, -0.2) is 9.67 Å². The van der Waals surface area contributed by atoms with Crippen molar-refractivity contribution in [3.8, 4) is 0 Å². The second-order valence-electron chi connectivity index (χ2n) is 5.72. The summed E-state index contributed by atoms with van der Waals surface area (Å²) in [7, 11) is 0. The van der Waals surface area contributed by atoms with E-state index in [2.05, 4.69) is 39.3 Å². The molecule has 3 rings (SSSR count). The Morgan fingerprint density at radius 2 is 2.10 bits per heavy atom. The number of rotatable bonds is 6. The highest BCUT2D eigenvalue weighted by atomic mass is 15.4. The van der Waals surface area contributed by atoms with Crippen molar-refractivity contribution in [2.75, 3.05) is 6.54 Å². The third-order valence-electron chi connectivity index (χ3n) is 4.05. The summed E-state index contributed by atoms with van der Waals surface area (Å²) in [5.41, 5.74) is 1.06. The average Bonchev–Trinajstić information content (AvgIpc) is 3.16. The van der Waals surface area contributed by atoms with Gasteiger partial charge in [0, 0.05) is 6.20 Å². The standard InChI is InChI=1S/C15H24N6/c1-2-16-10-15-17-12-20(19-15)11-13-8-9-21(18-13)14-6-4-3-5-7-14/h8-9,12,14,16H,2-7,10-11H2,1H3. The molecule has 2 aromatic rings. The van der Waals surface area contributed by atoms with Gasteiger partial charge in [0.05, 0.1) is 24.8 Å². The molecule has 0 bridgehead atoms. The number of nitrogens with one attached hydrogen (secondary N) is 1. The fourth-order valence-corrected chi connectivity index (χ4v) is 2.90. The largest absolute Gasteiger partial charge is 0.310 e. The van der Waals surface area contributed by atoms with Crippen molar-refractivity contribution in [1.82, 2.24) is 29.9 Å². The van der Waals surface area contributed by atoms with Crippen molar-refractivity contribution < 1.29 is 0 Å². The van der Waals surface area contributed by atoms with Gasteiger partial charge in [-0.1, -0.05) is 26.2 Å². The first kappa shape index (κ1) is 14.3. The molecule has 21 heavy (non-hydrogen) atoms. The van der Waals surface area contributed by atoms with Crippen molar-refractivity contribution in [3.63, 3.8) is 0 Å². The lowest BCUT2D eigenvalue weighted by Crippen LogP contribution is -2.14. The van der Waals surface area contributed by atoms with Crippen molar-refractivity contribution in [2.45, 2.75) is 58.2 Å². The van der Waals surface area contributed by atoms with Gasteiger partial charge >= 0.3 is 0 Å². The van der Waals surface area contributed by atoms with E-state index in [0.717, 1.165) is 24.6 Å². The summed E-state index contributed by atoms with van der Waals surface area (Å²) in [4.78, 5) is 4.30. The molecule has 1 aliphatic rings. The summed E-state index contributed by atoms with van der Waals surface area (Å²) in [6.07, 6.45) is 10.5. The molecule has 1 N–H and O–H groups in total. The van der Waals surface area contributed by atoms with Crippen LogP contribution in [0.4, 0.5) is 0 Å². The highest BCUT2D eigenvalue weighted by molar-refractivity contribution is 5.00. The minimum atomic E-state index is 0.590. The monoisotopic (exact) mass is 288 g/mol. The second kappa shape index (κ2) is 6.85. The summed E-state index contributed by atoms with van der Waals surface area (Å²) < 4.78 is 4.01. The first-order valence-electron chi connectivity index (χ1n) is 7.98. The molecule has 2 aromatic heterocycles. The van der Waals surface area contributed by atoms with Crippen LogP contribution in [-0.2, 0) is 13.1 Å². The van der Waals surface area contributed by atoms with Gasteiger partial charge in [-0.2, -0.15) is 10.2 Å². The summed E-state index contributed by atoms with van der Waals surface area (Å²) >= 11 is 0. The zero-order valence-corrected chi connectivity index (χ0v) is 12.7. The Morgan fingerprint density at radius 1 is 1.24 bits per heavy atom. The smallest absolute Gasteiger partial charge is 0.164 e. The summed E-state index contributed by atoms with van der Waals surface area (Å²) in [6.45, 7) is 4.42. The highest BCUT2D eigenvalue weighted by Crippen LogP contribution is 2.27. The second-order valence-corrected chi connectivity index (χ2v) is 5.72. The van der Waals surface area contributed by atoms with E-state index in [1.807, 2.05) is 4.68 Å². The van der Waals surface area contributed by atoms with Crippen molar-refractivity contribution >= 4 is 0 Å². The van der Waals surface area contributed by atoms with Crippen molar-refractivity contribution in [2.24, 2.45) is 0 Å². The molecular weight excluding hydrogens is 264 g/mol. The molecule has 0 spiro atoms. The molecule has 0 atom stereocenters. The average molecular weight is 288 g/mol. The van der Waals surface area contributed by atoms with Crippen molar-refractivity contribution in [3.05, 3.63) is 30.1 Å². The number of aromatic nitrogens is 5. The van der Waals surface area contributed by atoms with Crippen LogP contribution < -0.4 is 5.32 Å². The van der Waals surface area contributed by atoms with E-state index in [-0.39, 0.29) is 0 Å². The fourth-order valence-electron chi connectivity index (χ4n) is 2.90. The predicted molar refractivity (Wildman–Crippen MR) is 80.9 cm³/mol.